The molecule has 2 heterocycles. The van der Waals surface area contributed by atoms with Crippen LogP contribution in [0.5, 0.6) is 74.7 Å². The maximum Gasteiger partial charge on any atom is 0.338 e. The van der Waals surface area contributed by atoms with Gasteiger partial charge in [-0.25, -0.2) is 9.59 Å². The molecule has 0 fully saturated rings. The van der Waals surface area contributed by atoms with Crippen LogP contribution in [-0.2, 0) is 22.3 Å². The maximum absolute atomic E-state index is 14.2. The zero-order chi connectivity index (χ0) is 44.5. The van der Waals surface area contributed by atoms with Gasteiger partial charge in [-0.1, -0.05) is 6.07 Å². The van der Waals surface area contributed by atoms with Crippen LogP contribution in [0.2, 0.25) is 0 Å². The van der Waals surface area contributed by atoms with Gasteiger partial charge >= 0.3 is 11.9 Å². The lowest BCUT2D eigenvalue weighted by Gasteiger charge is -2.34. The standard InChI is InChI=1S/C44H34O18/c1-16-4-18(7-30(51)38(16)54)43(57)62-36-15-25-28(49)10-21(46)12-34(25)60-42(36)23-13-32(53)40(56)37-22(23)5-19(8-31(52)39(37)55)44(58)61-35-14-24-27(48)9-20(45)11-33(24)59-41(35)17-2-3-26(47)29(50)6-17/h2-13,35-36,41-42,45-51,53-54,56H,14-15H2,1H3,(H,52,55)/t35-,36-,41-,42-/m0/s1. The molecule has 0 spiro atoms. The van der Waals surface area contributed by atoms with Crippen LogP contribution in [0.25, 0.3) is 10.8 Å². The number of ether oxygens (including phenoxy) is 4. The monoisotopic (exact) mass is 850 g/mol. The Morgan fingerprint density at radius 1 is 0.548 bits per heavy atom. The van der Waals surface area contributed by atoms with Crippen LogP contribution < -0.4 is 14.9 Å². The summed E-state index contributed by atoms with van der Waals surface area (Å²) in [6, 6.07) is 12.8. The Bertz CT molecular complexity index is 2920. The molecule has 18 heteroatoms. The van der Waals surface area contributed by atoms with E-state index in [0.717, 1.165) is 48.5 Å². The summed E-state index contributed by atoms with van der Waals surface area (Å²) in [6.45, 7) is 1.41. The fourth-order valence-corrected chi connectivity index (χ4v) is 7.63. The van der Waals surface area contributed by atoms with Crippen LogP contribution in [-0.4, -0.2) is 80.3 Å². The van der Waals surface area contributed by atoms with E-state index in [2.05, 4.69) is 0 Å². The van der Waals surface area contributed by atoms with Gasteiger partial charge in [0.25, 0.3) is 0 Å². The number of esters is 2. The fourth-order valence-electron chi connectivity index (χ4n) is 7.63. The number of carbonyl (C=O) groups is 2. The van der Waals surface area contributed by atoms with E-state index >= 15 is 0 Å². The smallest absolute Gasteiger partial charge is 0.338 e. The molecule has 62 heavy (non-hydrogen) atoms. The third kappa shape index (κ3) is 7.08. The van der Waals surface area contributed by atoms with Crippen LogP contribution in [0.3, 0.4) is 0 Å². The predicted molar refractivity (Wildman–Crippen MR) is 212 cm³/mol. The lowest BCUT2D eigenvalue weighted by Crippen LogP contribution is -2.35. The number of rotatable bonds is 6. The van der Waals surface area contributed by atoms with Crippen molar-refractivity contribution >= 4 is 22.7 Å². The van der Waals surface area contributed by atoms with Crippen molar-refractivity contribution in [1.29, 1.82) is 0 Å². The normalized spacial score (nSPS) is 17.8. The molecule has 18 nitrogen and oxygen atoms in total. The number of aryl methyl sites for hydroxylation is 1. The number of hydrogen-bond acceptors (Lipinski definition) is 18. The van der Waals surface area contributed by atoms with Gasteiger partial charge in [0.05, 0.1) is 16.5 Å². The lowest BCUT2D eigenvalue weighted by molar-refractivity contribution is -0.0188. The molecule has 2 aliphatic heterocycles. The molecule has 2 aliphatic rings. The molecule has 0 saturated heterocycles. The third-order valence-electron chi connectivity index (χ3n) is 10.6. The molecule has 0 bridgehead atoms. The average Bonchev–Trinajstić information content (AvgIpc) is 3.34. The van der Waals surface area contributed by atoms with E-state index in [9.17, 15) is 70.6 Å². The average molecular weight is 851 g/mol. The van der Waals surface area contributed by atoms with Crippen molar-refractivity contribution in [3.63, 3.8) is 0 Å². The number of phenolic OH excluding ortho intramolecular Hbond substituents is 10. The topological polar surface area (TPSA) is 311 Å². The van der Waals surface area contributed by atoms with Gasteiger partial charge in [-0.05, 0) is 54.3 Å². The van der Waals surface area contributed by atoms with Gasteiger partial charge in [-0.15, -0.1) is 0 Å². The number of aromatic hydroxyl groups is 11. The van der Waals surface area contributed by atoms with Crippen molar-refractivity contribution < 1.29 is 84.7 Å². The van der Waals surface area contributed by atoms with Crippen molar-refractivity contribution in [1.82, 2.24) is 0 Å². The maximum atomic E-state index is 14.2. The summed E-state index contributed by atoms with van der Waals surface area (Å²) in [5.74, 6) is -9.32. The number of carbonyl (C=O) groups excluding carboxylic acids is 2. The van der Waals surface area contributed by atoms with E-state index in [1.54, 1.807) is 0 Å². The summed E-state index contributed by atoms with van der Waals surface area (Å²) in [6.07, 6.45) is -6.25. The molecule has 4 atom stereocenters. The second-order valence-corrected chi connectivity index (χ2v) is 14.7. The van der Waals surface area contributed by atoms with Crippen molar-refractivity contribution in [2.24, 2.45) is 0 Å². The molecule has 0 saturated carbocycles. The molecule has 0 radical (unpaired) electrons. The summed E-state index contributed by atoms with van der Waals surface area (Å²) >= 11 is 0. The lowest BCUT2D eigenvalue weighted by atomic mass is 9.90. The van der Waals surface area contributed by atoms with Gasteiger partial charge in [0.1, 0.15) is 46.7 Å². The molecular weight excluding hydrogens is 816 g/mol. The highest BCUT2D eigenvalue weighted by Gasteiger charge is 2.40. The van der Waals surface area contributed by atoms with E-state index in [0.29, 0.717) is 6.07 Å². The van der Waals surface area contributed by atoms with E-state index in [4.69, 9.17) is 18.9 Å². The largest absolute Gasteiger partial charge is 0.508 e. The van der Waals surface area contributed by atoms with Gasteiger partial charge < -0.3 is 75.1 Å². The minimum atomic E-state index is -1.58. The molecule has 0 aromatic heterocycles. The summed E-state index contributed by atoms with van der Waals surface area (Å²) in [5, 5.41) is 115. The second-order valence-electron chi connectivity index (χ2n) is 14.7. The zero-order valence-corrected chi connectivity index (χ0v) is 31.9. The van der Waals surface area contributed by atoms with E-state index in [1.165, 1.54) is 25.1 Å². The first kappa shape index (κ1) is 40.4. The van der Waals surface area contributed by atoms with Crippen LogP contribution in [0, 0.1) is 6.92 Å². The van der Waals surface area contributed by atoms with Gasteiger partial charge in [0.15, 0.2) is 52.5 Å². The first-order valence-electron chi connectivity index (χ1n) is 18.5. The van der Waals surface area contributed by atoms with Gasteiger partial charge in [0.2, 0.25) is 5.43 Å². The Kier molecular flexibility index (Phi) is 9.77. The van der Waals surface area contributed by atoms with Gasteiger partial charge in [0, 0.05) is 65.4 Å². The Balaban J connectivity index is 1.25. The molecule has 0 aliphatic carbocycles. The van der Waals surface area contributed by atoms with Crippen LogP contribution in [0.4, 0.5) is 0 Å². The molecule has 6 aromatic rings. The highest BCUT2D eigenvalue weighted by atomic mass is 16.6. The number of fused-ring (bicyclic) bond motifs is 3. The summed E-state index contributed by atoms with van der Waals surface area (Å²) in [7, 11) is 0. The SMILES string of the molecule is Cc1cc(C(=O)O[C@H]2Cc3c(O)cc(O)cc3O[C@H]2c2cc(O)c(O)c3c(O)c(=O)cc(C(=O)O[C@H]4Cc5c(O)cc(O)cc5O[C@H]4c4ccc(O)c(O)c4)cc23)cc(O)c1O. The van der Waals surface area contributed by atoms with Gasteiger partial charge in [-0.3, -0.25) is 4.79 Å². The highest BCUT2D eigenvalue weighted by molar-refractivity contribution is 6.01. The molecule has 318 valence electrons. The summed E-state index contributed by atoms with van der Waals surface area (Å²) < 4.78 is 24.0. The van der Waals surface area contributed by atoms with Crippen LogP contribution >= 0.6 is 0 Å². The minimum Gasteiger partial charge on any atom is -0.508 e. The number of hydrogen-bond donors (Lipinski definition) is 11. The Labute approximate surface area is 347 Å². The zero-order valence-electron chi connectivity index (χ0n) is 31.9. The molecule has 11 N–H and O–H groups in total. The summed E-state index contributed by atoms with van der Waals surface area (Å²) in [4.78, 5) is 41.4. The van der Waals surface area contributed by atoms with Crippen LogP contribution in [0.1, 0.15) is 60.7 Å². The number of benzene rings is 5. The van der Waals surface area contributed by atoms with Crippen molar-refractivity contribution in [2.45, 2.75) is 44.2 Å². The Morgan fingerprint density at radius 2 is 1.10 bits per heavy atom. The first-order chi connectivity index (χ1) is 29.4. The molecule has 0 amide bonds. The van der Waals surface area contributed by atoms with Crippen molar-refractivity contribution in [2.75, 3.05) is 0 Å². The minimum absolute atomic E-state index is 0.000504. The van der Waals surface area contributed by atoms with E-state index in [1.807, 2.05) is 0 Å². The summed E-state index contributed by atoms with van der Waals surface area (Å²) in [5.41, 5.74) is -1.79. The van der Waals surface area contributed by atoms with E-state index in [-0.39, 0.29) is 68.9 Å². The van der Waals surface area contributed by atoms with Crippen molar-refractivity contribution in [3.8, 4) is 74.7 Å². The quantitative estimate of drug-likeness (QED) is 0.0769. The third-order valence-corrected chi connectivity index (χ3v) is 10.6. The Morgan fingerprint density at radius 3 is 1.68 bits per heavy atom. The van der Waals surface area contributed by atoms with Gasteiger partial charge in [-0.2, -0.15) is 0 Å². The second kappa shape index (κ2) is 15.0. The van der Waals surface area contributed by atoms with Crippen LogP contribution in [0.15, 0.2) is 77.6 Å². The van der Waals surface area contributed by atoms with Crippen molar-refractivity contribution in [3.05, 3.63) is 122 Å². The first-order valence-corrected chi connectivity index (χ1v) is 18.5. The fraction of sp³-hybridized carbons (Fsp3) is 0.159. The number of phenols is 10. The Hall–Kier alpha value is -8.41. The predicted octanol–water partition coefficient (Wildman–Crippen LogP) is 5.07. The highest BCUT2D eigenvalue weighted by Crippen LogP contribution is 2.49. The van der Waals surface area contributed by atoms with E-state index < -0.39 is 110 Å². The molecule has 0 unspecified atom stereocenters. The molecular formula is C44H34O18. The molecule has 8 rings (SSSR count). The molecule has 6 aromatic carbocycles.